The summed E-state index contributed by atoms with van der Waals surface area (Å²) in [7, 11) is 0. The quantitative estimate of drug-likeness (QED) is 0.204. The molecule has 0 aliphatic heterocycles. The molecule has 4 aromatic rings. The van der Waals surface area contributed by atoms with E-state index in [1.807, 2.05) is 16.1 Å². The molecule has 5 nitrogen and oxygen atoms in total. The second kappa shape index (κ2) is 12.4. The zero-order chi connectivity index (χ0) is 29.4. The molecule has 0 N–H and O–H groups in total. The van der Waals surface area contributed by atoms with Gasteiger partial charge in [0, 0.05) is 16.4 Å². The number of thiazole rings is 1. The van der Waals surface area contributed by atoms with Crippen LogP contribution in [0.5, 0.6) is 0 Å². The highest BCUT2D eigenvalue weighted by Crippen LogP contribution is 2.52. The van der Waals surface area contributed by atoms with Crippen LogP contribution in [0.3, 0.4) is 0 Å². The minimum atomic E-state index is 0.501. The van der Waals surface area contributed by atoms with Gasteiger partial charge in [0.05, 0.1) is 5.10 Å². The van der Waals surface area contributed by atoms with E-state index >= 15 is 0 Å². The molecule has 2 aromatic carbocycles. The van der Waals surface area contributed by atoms with Crippen LogP contribution in [-0.4, -0.2) is 20.1 Å². The van der Waals surface area contributed by atoms with Crippen molar-refractivity contribution in [3.8, 4) is 22.2 Å². The zero-order valence-corrected chi connectivity index (χ0v) is 27.1. The second-order valence-corrected chi connectivity index (χ2v) is 14.9. The predicted molar refractivity (Wildman–Crippen MR) is 172 cm³/mol. The molecule has 2 aliphatic carbocycles. The molecule has 6 unspecified atom stereocenters. The molecule has 2 saturated carbocycles. The molecular weight excluding hydrogens is 534 g/mol. The van der Waals surface area contributed by atoms with Gasteiger partial charge < -0.3 is 0 Å². The van der Waals surface area contributed by atoms with Crippen molar-refractivity contribution < 1.29 is 4.68 Å². The molecule has 0 spiro atoms. The van der Waals surface area contributed by atoms with Crippen LogP contribution in [0.2, 0.25) is 0 Å². The van der Waals surface area contributed by atoms with E-state index in [0.29, 0.717) is 35.5 Å². The average Bonchev–Trinajstić information content (AvgIpc) is 3.63. The third kappa shape index (κ3) is 5.71. The summed E-state index contributed by atoms with van der Waals surface area (Å²) in [6.45, 7) is 14.6. The largest absolute Gasteiger partial charge is 0.313 e. The van der Waals surface area contributed by atoms with Gasteiger partial charge in [-0.3, -0.25) is 0 Å². The molecule has 2 heterocycles. The summed E-state index contributed by atoms with van der Waals surface area (Å²) in [5.41, 5.74) is 3.43. The molecule has 6 rings (SSSR count). The van der Waals surface area contributed by atoms with Crippen LogP contribution in [0.25, 0.3) is 22.2 Å². The Balaban J connectivity index is 1.57. The smallest absolute Gasteiger partial charge is 0.126 e. The molecule has 6 atom stereocenters. The summed E-state index contributed by atoms with van der Waals surface area (Å²) in [4.78, 5) is 9.18. The number of benzene rings is 2. The van der Waals surface area contributed by atoms with Crippen molar-refractivity contribution in [2.75, 3.05) is 0 Å². The van der Waals surface area contributed by atoms with E-state index in [4.69, 9.17) is 15.3 Å². The maximum atomic E-state index is 5.69. The van der Waals surface area contributed by atoms with Gasteiger partial charge in [-0.05, 0) is 96.2 Å². The molecule has 2 aliphatic rings. The fourth-order valence-corrected chi connectivity index (χ4v) is 9.21. The molecule has 2 aromatic heterocycles. The van der Waals surface area contributed by atoms with E-state index in [1.165, 1.54) is 44.2 Å². The van der Waals surface area contributed by atoms with E-state index in [-0.39, 0.29) is 0 Å². The van der Waals surface area contributed by atoms with Crippen molar-refractivity contribution >= 4 is 11.3 Å². The summed E-state index contributed by atoms with van der Waals surface area (Å²) in [6, 6.07) is 20.8. The molecule has 0 radical (unpaired) electrons. The Hall–Kier alpha value is -2.86. The molecule has 0 bridgehead atoms. The lowest BCUT2D eigenvalue weighted by Gasteiger charge is -2.40. The van der Waals surface area contributed by atoms with E-state index in [1.54, 1.807) is 4.88 Å². The second-order valence-electron chi connectivity index (χ2n) is 13.9. The zero-order valence-electron chi connectivity index (χ0n) is 26.3. The normalized spacial score (nSPS) is 26.7. The van der Waals surface area contributed by atoms with Gasteiger partial charge in [-0.25, -0.2) is 0 Å². The number of nitrogens with zero attached hydrogens (tertiary/aromatic N) is 5. The first-order chi connectivity index (χ1) is 20.3. The summed E-state index contributed by atoms with van der Waals surface area (Å²) >= 11 is 1.92. The molecule has 222 valence electrons. The van der Waals surface area contributed by atoms with E-state index in [2.05, 4.69) is 107 Å². The molecular formula is C36H48N5S+. The lowest BCUT2D eigenvalue weighted by Crippen LogP contribution is -2.42. The van der Waals surface area contributed by atoms with Crippen molar-refractivity contribution in [2.45, 2.75) is 91.9 Å². The number of hydrogen-bond donors (Lipinski definition) is 0. The van der Waals surface area contributed by atoms with Crippen LogP contribution < -0.4 is 4.68 Å². The van der Waals surface area contributed by atoms with Crippen molar-refractivity contribution in [1.82, 2.24) is 20.1 Å². The van der Waals surface area contributed by atoms with Gasteiger partial charge in [0.2, 0.25) is 0 Å². The monoisotopic (exact) mass is 582 g/mol. The lowest BCUT2D eigenvalue weighted by atomic mass is 9.65. The number of rotatable bonds is 7. The van der Waals surface area contributed by atoms with Gasteiger partial charge >= 0.3 is 11.0 Å². The summed E-state index contributed by atoms with van der Waals surface area (Å²) < 4.78 is 2.18. The van der Waals surface area contributed by atoms with E-state index in [0.717, 1.165) is 34.0 Å². The van der Waals surface area contributed by atoms with Gasteiger partial charge in [0.25, 0.3) is 0 Å². The van der Waals surface area contributed by atoms with Crippen LogP contribution in [0.4, 0.5) is 0 Å². The number of hydrogen-bond acceptors (Lipinski definition) is 4. The Labute approximate surface area is 256 Å². The number of tetrazole rings is 1. The molecule has 0 amide bonds. The van der Waals surface area contributed by atoms with Gasteiger partial charge in [-0.2, -0.15) is 0 Å². The predicted octanol–water partition coefficient (Wildman–Crippen LogP) is 9.02. The minimum absolute atomic E-state index is 0.501. The lowest BCUT2D eigenvalue weighted by molar-refractivity contribution is -0.669. The highest BCUT2D eigenvalue weighted by Gasteiger charge is 2.42. The maximum absolute atomic E-state index is 5.69. The Morgan fingerprint density at radius 3 is 1.95 bits per heavy atom. The minimum Gasteiger partial charge on any atom is -0.126 e. The highest BCUT2D eigenvalue weighted by atomic mass is 32.1. The first-order valence-corrected chi connectivity index (χ1v) is 17.1. The van der Waals surface area contributed by atoms with Crippen molar-refractivity contribution in [3.05, 3.63) is 71.2 Å². The highest BCUT2D eigenvalue weighted by molar-refractivity contribution is 7.13. The van der Waals surface area contributed by atoms with Gasteiger partial charge in [0.15, 0.2) is 0 Å². The number of aromatic nitrogens is 5. The third-order valence-corrected chi connectivity index (χ3v) is 11.4. The first kappa shape index (κ1) is 29.2. The summed E-state index contributed by atoms with van der Waals surface area (Å²) in [5, 5.41) is 10.5. The fourth-order valence-electron chi connectivity index (χ4n) is 7.90. The molecule has 6 heteroatoms. The fraction of sp³-hybridized carbons (Fsp3) is 0.556. The molecule has 2 fully saturated rings. The Morgan fingerprint density at radius 1 is 0.762 bits per heavy atom. The topological polar surface area (TPSA) is 47.5 Å². The first-order valence-electron chi connectivity index (χ1n) is 16.3. The van der Waals surface area contributed by atoms with E-state index in [9.17, 15) is 0 Å². The van der Waals surface area contributed by atoms with Crippen molar-refractivity contribution in [2.24, 2.45) is 35.5 Å². The average molecular weight is 583 g/mol. The molecule has 0 saturated heterocycles. The van der Waals surface area contributed by atoms with Crippen LogP contribution >= 0.6 is 11.3 Å². The molecule has 42 heavy (non-hydrogen) atoms. The van der Waals surface area contributed by atoms with Crippen LogP contribution in [0.1, 0.15) is 102 Å². The Morgan fingerprint density at radius 2 is 1.33 bits per heavy atom. The summed E-state index contributed by atoms with van der Waals surface area (Å²) in [5.74, 6) is 6.05. The van der Waals surface area contributed by atoms with Crippen LogP contribution in [0.15, 0.2) is 60.7 Å². The Bertz CT molecular complexity index is 1350. The summed E-state index contributed by atoms with van der Waals surface area (Å²) in [6.07, 6.45) is 7.79. The van der Waals surface area contributed by atoms with Gasteiger partial charge in [-0.15, -0.1) is 4.98 Å². The SMILES string of the molecule is CC1CCC(C(C)C)C(c2nc(-[n+]3c(-c4ccccc4)nnn3-c3ccccc3)sc2C2CC(C)CCC2C(C)C)C1. The van der Waals surface area contributed by atoms with Crippen LogP contribution in [0, 0.1) is 35.5 Å². The van der Waals surface area contributed by atoms with Gasteiger partial charge in [0.1, 0.15) is 16.6 Å². The van der Waals surface area contributed by atoms with Crippen LogP contribution in [-0.2, 0) is 0 Å². The maximum Gasteiger partial charge on any atom is 0.313 e. The Kier molecular flexibility index (Phi) is 8.63. The number of para-hydroxylation sites is 1. The standard InChI is InChI=1S/C36H48N5S/c1-23(2)29-19-17-25(5)21-31(29)33-34(32-22-26(6)18-20-30(32)24(3)4)42-36(37-33)40-35(27-13-9-7-10-14-27)38-39-41(40)28-15-11-8-12-16-28/h7-16,23-26,29-32H,17-22H2,1-6H3/q+1. The van der Waals surface area contributed by atoms with Crippen molar-refractivity contribution in [3.63, 3.8) is 0 Å². The van der Waals surface area contributed by atoms with Crippen molar-refractivity contribution in [1.29, 1.82) is 0 Å². The van der Waals surface area contributed by atoms with E-state index < -0.39 is 0 Å². The third-order valence-electron chi connectivity index (χ3n) is 10.2. The van der Waals surface area contributed by atoms with Gasteiger partial charge in [-0.1, -0.05) is 107 Å².